The maximum Gasteiger partial charge on any atom is 0.306 e. The van der Waals surface area contributed by atoms with Crippen LogP contribution in [-0.2, 0) is 28.6 Å². The van der Waals surface area contributed by atoms with Gasteiger partial charge in [-0.1, -0.05) is 248 Å². The van der Waals surface area contributed by atoms with Gasteiger partial charge in [0.25, 0.3) is 0 Å². The Kier molecular flexibility index (Phi) is 60.5. The van der Waals surface area contributed by atoms with Gasteiger partial charge in [0.2, 0.25) is 0 Å². The maximum atomic E-state index is 12.9. The number of carbonyl (C=O) groups is 3. The van der Waals surface area contributed by atoms with Gasteiger partial charge >= 0.3 is 17.9 Å². The monoisotopic (exact) mass is 1080 g/mol. The number of esters is 3. The number of hydrogen-bond acceptors (Lipinski definition) is 6. The van der Waals surface area contributed by atoms with Crippen molar-refractivity contribution in [2.24, 2.45) is 0 Å². The van der Waals surface area contributed by atoms with Crippen LogP contribution in [0.15, 0.2) is 182 Å². The Morgan fingerprint density at radius 1 is 0.253 bits per heavy atom. The van der Waals surface area contributed by atoms with Crippen molar-refractivity contribution >= 4 is 17.9 Å². The summed E-state index contributed by atoms with van der Waals surface area (Å²) in [5, 5.41) is 0. The van der Waals surface area contributed by atoms with E-state index in [9.17, 15) is 14.4 Å². The Bertz CT molecular complexity index is 1870. The summed E-state index contributed by atoms with van der Waals surface area (Å²) < 4.78 is 16.8. The van der Waals surface area contributed by atoms with Crippen LogP contribution in [0.2, 0.25) is 0 Å². The normalized spacial score (nSPS) is 13.4. The molecular weight excluding hydrogens is 973 g/mol. The molecule has 0 saturated carbocycles. The molecule has 79 heavy (non-hydrogen) atoms. The Morgan fingerprint density at radius 2 is 0.456 bits per heavy atom. The van der Waals surface area contributed by atoms with E-state index in [0.717, 1.165) is 148 Å². The fourth-order valence-corrected chi connectivity index (χ4v) is 7.81. The molecule has 0 radical (unpaired) electrons. The second-order valence-electron chi connectivity index (χ2n) is 19.8. The fraction of sp³-hybridized carbons (Fsp3) is 0.548. The van der Waals surface area contributed by atoms with Crippen LogP contribution in [0.5, 0.6) is 0 Å². The minimum Gasteiger partial charge on any atom is -0.462 e. The molecule has 0 bridgehead atoms. The van der Waals surface area contributed by atoms with Crippen LogP contribution in [0.25, 0.3) is 0 Å². The van der Waals surface area contributed by atoms with E-state index >= 15 is 0 Å². The van der Waals surface area contributed by atoms with Crippen LogP contribution >= 0.6 is 0 Å². The van der Waals surface area contributed by atoms with E-state index in [-0.39, 0.29) is 44.0 Å². The number of rotatable bonds is 54. The van der Waals surface area contributed by atoms with Crippen LogP contribution in [0.3, 0.4) is 0 Å². The van der Waals surface area contributed by atoms with E-state index in [1.54, 1.807) is 0 Å². The van der Waals surface area contributed by atoms with Crippen molar-refractivity contribution in [3.8, 4) is 0 Å². The number of allylic oxidation sites excluding steroid dienone is 30. The molecule has 0 aromatic rings. The molecule has 0 rings (SSSR count). The van der Waals surface area contributed by atoms with Gasteiger partial charge in [0.05, 0.1) is 0 Å². The third-order valence-electron chi connectivity index (χ3n) is 12.4. The summed E-state index contributed by atoms with van der Waals surface area (Å²) >= 11 is 0. The average Bonchev–Trinajstić information content (AvgIpc) is 3.45. The van der Waals surface area contributed by atoms with Crippen molar-refractivity contribution in [2.75, 3.05) is 13.2 Å². The van der Waals surface area contributed by atoms with E-state index in [2.05, 4.69) is 203 Å². The number of carbonyl (C=O) groups excluding carboxylic acids is 3. The highest BCUT2D eigenvalue weighted by Crippen LogP contribution is 2.14. The summed E-state index contributed by atoms with van der Waals surface area (Å²) in [6.45, 7) is 6.21. The van der Waals surface area contributed by atoms with Crippen LogP contribution in [0.4, 0.5) is 0 Å². The molecule has 6 nitrogen and oxygen atoms in total. The first kappa shape index (κ1) is 73.5. The first-order valence-electron chi connectivity index (χ1n) is 31.3. The lowest BCUT2D eigenvalue weighted by Gasteiger charge is -2.18. The van der Waals surface area contributed by atoms with Gasteiger partial charge in [-0.25, -0.2) is 0 Å². The Balaban J connectivity index is 4.52. The topological polar surface area (TPSA) is 78.9 Å². The Labute approximate surface area is 484 Å². The molecule has 6 heteroatoms. The quantitative estimate of drug-likeness (QED) is 0.0261. The van der Waals surface area contributed by atoms with Crippen LogP contribution in [-0.4, -0.2) is 37.2 Å². The van der Waals surface area contributed by atoms with Gasteiger partial charge in [-0.3, -0.25) is 14.4 Å². The van der Waals surface area contributed by atoms with E-state index < -0.39 is 6.10 Å². The molecule has 1 atom stereocenters. The molecule has 0 aromatic heterocycles. The molecule has 1 unspecified atom stereocenters. The lowest BCUT2D eigenvalue weighted by Crippen LogP contribution is -2.30. The predicted octanol–water partition coefficient (Wildman–Crippen LogP) is 21.7. The van der Waals surface area contributed by atoms with E-state index in [0.29, 0.717) is 19.3 Å². The lowest BCUT2D eigenvalue weighted by atomic mass is 10.1. The third kappa shape index (κ3) is 63.2. The minimum atomic E-state index is -0.833. The second kappa shape index (κ2) is 65.0. The highest BCUT2D eigenvalue weighted by atomic mass is 16.6. The van der Waals surface area contributed by atoms with E-state index in [1.807, 2.05) is 0 Å². The molecule has 0 aliphatic carbocycles. The largest absolute Gasteiger partial charge is 0.462 e. The van der Waals surface area contributed by atoms with Gasteiger partial charge in [-0.15, -0.1) is 0 Å². The summed E-state index contributed by atoms with van der Waals surface area (Å²) in [4.78, 5) is 38.3. The summed E-state index contributed by atoms with van der Waals surface area (Å²) in [5.41, 5.74) is 0. The molecule has 0 aromatic carbocycles. The highest BCUT2D eigenvalue weighted by Gasteiger charge is 2.19. The maximum absolute atomic E-state index is 12.9. The third-order valence-corrected chi connectivity index (χ3v) is 12.4. The van der Waals surface area contributed by atoms with Gasteiger partial charge in [0.1, 0.15) is 13.2 Å². The van der Waals surface area contributed by atoms with Gasteiger partial charge < -0.3 is 14.2 Å². The molecule has 0 saturated heterocycles. The van der Waals surface area contributed by atoms with Crippen molar-refractivity contribution in [2.45, 2.75) is 245 Å². The van der Waals surface area contributed by atoms with E-state index in [4.69, 9.17) is 14.2 Å². The van der Waals surface area contributed by atoms with Gasteiger partial charge in [0, 0.05) is 19.3 Å². The van der Waals surface area contributed by atoms with Crippen molar-refractivity contribution in [1.29, 1.82) is 0 Å². The zero-order valence-electron chi connectivity index (χ0n) is 50.3. The summed E-state index contributed by atoms with van der Waals surface area (Å²) in [5.74, 6) is -1.02. The second-order valence-corrected chi connectivity index (χ2v) is 19.8. The molecule has 0 N–H and O–H groups in total. The van der Waals surface area contributed by atoms with Crippen LogP contribution in [0.1, 0.15) is 239 Å². The number of unbranched alkanes of at least 4 members (excludes halogenated alkanes) is 13. The van der Waals surface area contributed by atoms with Gasteiger partial charge in [0.15, 0.2) is 6.10 Å². The Hall–Kier alpha value is -5.49. The van der Waals surface area contributed by atoms with Gasteiger partial charge in [-0.2, -0.15) is 0 Å². The van der Waals surface area contributed by atoms with Crippen LogP contribution < -0.4 is 0 Å². The standard InChI is InChI=1S/C73H112O6/c1-4-7-10-13-16-19-22-25-28-30-32-34-35-36-37-39-40-42-45-48-51-54-57-60-63-66-72(75)78-69-70(68-77-71(74)65-62-59-56-53-50-47-44-27-24-21-18-15-12-9-6-3)79-73(76)67-64-61-58-55-52-49-46-43-41-38-33-31-29-26-23-20-17-14-11-8-5-2/h7-12,16-21,25-29,32-34,36-38,43-44,46,50,52-53,55,70H,4-6,13-15,22-24,30-31,35,39-42,45,47-49,51,54,56-69H2,1-3H3/b10-7-,11-8-,12-9-,19-16-,20-17-,21-18-,28-25-,29-26-,34-32-,37-36-,38-33-,44-27-,46-43-,53-50-,55-52-. The van der Waals surface area contributed by atoms with Crippen molar-refractivity contribution in [3.63, 3.8) is 0 Å². The summed E-state index contributed by atoms with van der Waals surface area (Å²) in [6, 6.07) is 0. The molecule has 0 amide bonds. The first-order valence-corrected chi connectivity index (χ1v) is 31.3. The van der Waals surface area contributed by atoms with Crippen molar-refractivity contribution < 1.29 is 28.6 Å². The average molecular weight is 1090 g/mol. The highest BCUT2D eigenvalue weighted by molar-refractivity contribution is 5.71. The smallest absolute Gasteiger partial charge is 0.306 e. The zero-order valence-corrected chi connectivity index (χ0v) is 50.3. The number of ether oxygens (including phenoxy) is 3. The first-order chi connectivity index (χ1) is 39.0. The predicted molar refractivity (Wildman–Crippen MR) is 343 cm³/mol. The van der Waals surface area contributed by atoms with Crippen LogP contribution in [0, 0.1) is 0 Å². The van der Waals surface area contributed by atoms with E-state index in [1.165, 1.54) is 38.5 Å². The zero-order chi connectivity index (χ0) is 57.1. The minimum absolute atomic E-state index is 0.122. The fourth-order valence-electron chi connectivity index (χ4n) is 7.81. The molecule has 0 heterocycles. The van der Waals surface area contributed by atoms with Crippen molar-refractivity contribution in [3.05, 3.63) is 182 Å². The molecule has 0 fully saturated rings. The number of hydrogen-bond donors (Lipinski definition) is 0. The lowest BCUT2D eigenvalue weighted by molar-refractivity contribution is -0.167. The molecule has 0 aliphatic rings. The molecule has 440 valence electrons. The van der Waals surface area contributed by atoms with Gasteiger partial charge in [-0.05, 0) is 154 Å². The molecule has 0 aliphatic heterocycles. The summed E-state index contributed by atoms with van der Waals surface area (Å²) in [6.07, 6.45) is 97.5. The SMILES string of the molecule is CC/C=C\C/C=C\C/C=C\C/C=C\C/C=C\C/C=C\CCCCC(=O)OC(COC(=O)CCCC/C=C\C/C=C\C/C=C\C/C=C\CC)COC(=O)CCCCCCCCCCC/C=C\C/C=C\C/C=C\C/C=C\C/C=C\CC. The molecule has 0 spiro atoms. The Morgan fingerprint density at radius 3 is 0.734 bits per heavy atom. The molecular formula is C73H112O6. The summed E-state index contributed by atoms with van der Waals surface area (Å²) in [7, 11) is 0. The van der Waals surface area contributed by atoms with Crippen molar-refractivity contribution in [1.82, 2.24) is 0 Å².